The van der Waals surface area contributed by atoms with E-state index in [9.17, 15) is 4.79 Å². The van der Waals surface area contributed by atoms with Crippen molar-refractivity contribution in [2.24, 2.45) is 5.92 Å². The van der Waals surface area contributed by atoms with Crippen LogP contribution in [0.3, 0.4) is 0 Å². The summed E-state index contributed by atoms with van der Waals surface area (Å²) in [5.74, 6) is 1.50. The van der Waals surface area contributed by atoms with Crippen LogP contribution in [-0.2, 0) is 10.8 Å². The highest BCUT2D eigenvalue weighted by atomic mass is 28.4. The van der Waals surface area contributed by atoms with Gasteiger partial charge in [-0.25, -0.2) is 4.79 Å². The smallest absolute Gasteiger partial charge is 0.336 e. The van der Waals surface area contributed by atoms with Gasteiger partial charge in [-0.1, -0.05) is 41.0 Å². The summed E-state index contributed by atoms with van der Waals surface area (Å²) in [5, 5.41) is 0.923. The summed E-state index contributed by atoms with van der Waals surface area (Å²) < 4.78 is 25.4. The maximum absolute atomic E-state index is 12.6. The number of fused-ring (bicyclic) bond motifs is 3. The third kappa shape index (κ3) is 4.62. The molecule has 0 saturated heterocycles. The van der Waals surface area contributed by atoms with Crippen LogP contribution in [0.2, 0.25) is 18.1 Å². The molecule has 178 valence electrons. The van der Waals surface area contributed by atoms with Crippen LogP contribution in [0.5, 0.6) is 11.5 Å². The van der Waals surface area contributed by atoms with Gasteiger partial charge in [0.25, 0.3) is 0 Å². The molecule has 1 aromatic heterocycles. The molecule has 0 radical (unpaired) electrons. The van der Waals surface area contributed by atoms with Gasteiger partial charge >= 0.3 is 5.63 Å². The minimum absolute atomic E-state index is 0.0168. The van der Waals surface area contributed by atoms with Gasteiger partial charge in [0.1, 0.15) is 17.6 Å². The number of rotatable bonds is 6. The van der Waals surface area contributed by atoms with Crippen molar-refractivity contribution in [3.63, 3.8) is 0 Å². The van der Waals surface area contributed by atoms with Crippen LogP contribution in [0.25, 0.3) is 11.0 Å². The van der Waals surface area contributed by atoms with Crippen LogP contribution in [0.15, 0.2) is 21.3 Å². The average molecular weight is 461 g/mol. The fourth-order valence-electron chi connectivity index (χ4n) is 4.04. The summed E-state index contributed by atoms with van der Waals surface area (Å²) in [5.41, 5.74) is 2.01. The largest absolute Gasteiger partial charge is 0.490 e. The maximum atomic E-state index is 12.6. The molecule has 3 rings (SSSR count). The first-order valence-corrected chi connectivity index (χ1v) is 14.8. The fraction of sp³-hybridized carbons (Fsp3) is 0.654. The molecule has 0 N–H and O–H groups in total. The number of hydrogen-bond donors (Lipinski definition) is 0. The van der Waals surface area contributed by atoms with E-state index >= 15 is 0 Å². The number of benzene rings is 1. The minimum Gasteiger partial charge on any atom is -0.490 e. The van der Waals surface area contributed by atoms with Gasteiger partial charge in [0.2, 0.25) is 0 Å². The highest BCUT2D eigenvalue weighted by Crippen LogP contribution is 2.51. The van der Waals surface area contributed by atoms with Crippen molar-refractivity contribution in [1.82, 2.24) is 0 Å². The molecule has 0 saturated carbocycles. The van der Waals surface area contributed by atoms with Gasteiger partial charge in [-0.3, -0.25) is 0 Å². The molecule has 0 aliphatic carbocycles. The van der Waals surface area contributed by atoms with Crippen molar-refractivity contribution < 1.29 is 18.3 Å². The summed E-state index contributed by atoms with van der Waals surface area (Å²) in [4.78, 5) is 12.6. The first kappa shape index (κ1) is 24.8. The van der Waals surface area contributed by atoms with E-state index in [1.807, 2.05) is 19.9 Å². The molecule has 32 heavy (non-hydrogen) atoms. The van der Waals surface area contributed by atoms with Crippen molar-refractivity contribution in [2.45, 2.75) is 105 Å². The number of ether oxygens (including phenoxy) is 2. The maximum Gasteiger partial charge on any atom is 0.336 e. The van der Waals surface area contributed by atoms with Crippen LogP contribution in [0.4, 0.5) is 0 Å². The normalized spacial score (nSPS) is 21.5. The molecule has 0 bridgehead atoms. The van der Waals surface area contributed by atoms with E-state index in [-0.39, 0.29) is 34.9 Å². The van der Waals surface area contributed by atoms with E-state index < -0.39 is 8.32 Å². The number of aryl methyl sites for hydroxylation is 1. The molecule has 3 atom stereocenters. The molecule has 6 heteroatoms. The second-order valence-electron chi connectivity index (χ2n) is 11.0. The molecule has 1 aliphatic heterocycles. The Hall–Kier alpha value is -1.79. The van der Waals surface area contributed by atoms with Gasteiger partial charge in [0, 0.05) is 18.1 Å². The SMILES string of the molecule is CCCc1cc(=O)oc2c3c(cc(OC(C)C)c12)O[C@H](C)[C@@H](C)[C@H]3O[Si](C)(C)C(C)(C)C. The Morgan fingerprint density at radius 2 is 1.81 bits per heavy atom. The molecule has 0 spiro atoms. The Labute approximate surface area is 193 Å². The Morgan fingerprint density at radius 3 is 2.38 bits per heavy atom. The van der Waals surface area contributed by atoms with Crippen molar-refractivity contribution in [2.75, 3.05) is 0 Å². The highest BCUT2D eigenvalue weighted by Gasteiger charge is 2.45. The van der Waals surface area contributed by atoms with E-state index in [0.717, 1.165) is 29.4 Å². The minimum atomic E-state index is -2.11. The zero-order valence-corrected chi connectivity index (χ0v) is 22.4. The lowest BCUT2D eigenvalue weighted by molar-refractivity contribution is 0.0248. The summed E-state index contributed by atoms with van der Waals surface area (Å²) in [7, 11) is -2.11. The Bertz CT molecular complexity index is 1030. The summed E-state index contributed by atoms with van der Waals surface area (Å²) >= 11 is 0. The molecule has 0 fully saturated rings. The molecule has 2 aromatic rings. The van der Waals surface area contributed by atoms with Crippen molar-refractivity contribution in [3.8, 4) is 11.5 Å². The predicted molar refractivity (Wildman–Crippen MR) is 133 cm³/mol. The van der Waals surface area contributed by atoms with Crippen LogP contribution >= 0.6 is 0 Å². The predicted octanol–water partition coefficient (Wildman–Crippen LogP) is 7.01. The third-order valence-electron chi connectivity index (χ3n) is 6.99. The molecule has 2 heterocycles. The molecule has 1 aliphatic rings. The van der Waals surface area contributed by atoms with Crippen LogP contribution in [0, 0.1) is 5.92 Å². The zero-order chi connectivity index (χ0) is 24.0. The summed E-state index contributed by atoms with van der Waals surface area (Å²) in [6, 6.07) is 3.58. The van der Waals surface area contributed by atoms with Gasteiger partial charge in [0.05, 0.1) is 23.2 Å². The molecular weight excluding hydrogens is 420 g/mol. The Morgan fingerprint density at radius 1 is 1.16 bits per heavy atom. The van der Waals surface area contributed by atoms with Gasteiger partial charge in [-0.05, 0) is 50.9 Å². The fourth-order valence-corrected chi connectivity index (χ4v) is 5.36. The van der Waals surface area contributed by atoms with E-state index in [1.165, 1.54) is 0 Å². The lowest BCUT2D eigenvalue weighted by Crippen LogP contribution is -2.45. The van der Waals surface area contributed by atoms with Crippen molar-refractivity contribution in [1.29, 1.82) is 0 Å². The molecule has 5 nitrogen and oxygen atoms in total. The topological polar surface area (TPSA) is 57.9 Å². The zero-order valence-electron chi connectivity index (χ0n) is 21.4. The van der Waals surface area contributed by atoms with E-state index in [2.05, 4.69) is 54.6 Å². The van der Waals surface area contributed by atoms with Gasteiger partial charge in [-0.2, -0.15) is 0 Å². The van der Waals surface area contributed by atoms with E-state index in [4.69, 9.17) is 18.3 Å². The van der Waals surface area contributed by atoms with Gasteiger partial charge < -0.3 is 18.3 Å². The highest BCUT2D eigenvalue weighted by molar-refractivity contribution is 6.74. The van der Waals surface area contributed by atoms with Crippen LogP contribution in [0.1, 0.15) is 79.0 Å². The van der Waals surface area contributed by atoms with E-state index in [1.54, 1.807) is 6.07 Å². The second-order valence-corrected chi connectivity index (χ2v) is 15.7. The van der Waals surface area contributed by atoms with Crippen LogP contribution < -0.4 is 15.1 Å². The molecule has 0 unspecified atom stereocenters. The summed E-state index contributed by atoms with van der Waals surface area (Å²) in [6.45, 7) is 21.6. The summed E-state index contributed by atoms with van der Waals surface area (Å²) in [6.07, 6.45) is 1.43. The molecule has 0 amide bonds. The average Bonchev–Trinajstić information content (AvgIpc) is 2.63. The number of hydrogen-bond acceptors (Lipinski definition) is 5. The molecular formula is C26H40O5Si. The first-order valence-electron chi connectivity index (χ1n) is 11.9. The Kier molecular flexibility index (Phi) is 6.88. The lowest BCUT2D eigenvalue weighted by Gasteiger charge is -2.44. The molecule has 1 aromatic carbocycles. The van der Waals surface area contributed by atoms with Gasteiger partial charge in [-0.15, -0.1) is 0 Å². The van der Waals surface area contributed by atoms with Crippen molar-refractivity contribution >= 4 is 19.3 Å². The standard InChI is InChI=1S/C26H40O5Si/c1-11-12-18-13-21(27)30-25-22(18)19(28-15(2)3)14-20-23(25)24(16(4)17(5)29-20)31-32(9,10)26(6,7)8/h13-17,24H,11-12H2,1-10H3/t16-,17-,24-/m1/s1. The van der Waals surface area contributed by atoms with Crippen molar-refractivity contribution in [3.05, 3.63) is 33.7 Å². The monoisotopic (exact) mass is 460 g/mol. The van der Waals surface area contributed by atoms with Crippen LogP contribution in [-0.4, -0.2) is 20.5 Å². The first-order chi connectivity index (χ1) is 14.8. The van der Waals surface area contributed by atoms with Gasteiger partial charge in [0.15, 0.2) is 13.9 Å². The van der Waals surface area contributed by atoms with E-state index in [0.29, 0.717) is 17.1 Å². The second kappa shape index (κ2) is 8.86. The lowest BCUT2D eigenvalue weighted by atomic mass is 9.87. The quantitative estimate of drug-likeness (QED) is 0.343. The Balaban J connectivity index is 2.35. The third-order valence-corrected chi connectivity index (χ3v) is 11.4.